The molecule has 0 radical (unpaired) electrons. The van der Waals surface area contributed by atoms with E-state index in [1.807, 2.05) is 0 Å². The number of ether oxygens (including phenoxy) is 1. The van der Waals surface area contributed by atoms with Crippen LogP contribution in [0.3, 0.4) is 0 Å². The highest BCUT2D eigenvalue weighted by atomic mass is 16.5. The van der Waals surface area contributed by atoms with Crippen molar-refractivity contribution in [2.45, 2.75) is 51.8 Å². The Hall–Kier alpha value is -0.800. The molecule has 1 aromatic rings. The van der Waals surface area contributed by atoms with E-state index in [1.165, 1.54) is 31.4 Å². The Kier molecular flexibility index (Phi) is 5.08. The second-order valence-corrected chi connectivity index (χ2v) is 4.75. The fourth-order valence-electron chi connectivity index (χ4n) is 2.44. The Morgan fingerprint density at radius 3 is 3.24 bits per heavy atom. The Balaban J connectivity index is 1.72. The summed E-state index contributed by atoms with van der Waals surface area (Å²) in [5.74, 6) is 0. The second-order valence-electron chi connectivity index (χ2n) is 4.75. The molecule has 1 saturated heterocycles. The smallest absolute Gasteiger partial charge is 0.0576 e. The van der Waals surface area contributed by atoms with Crippen LogP contribution in [0.15, 0.2) is 18.3 Å². The molecule has 0 bridgehead atoms. The average Bonchev–Trinajstić information content (AvgIpc) is 2.98. The first-order valence-electron chi connectivity index (χ1n) is 6.86. The SMILES string of the molecule is CCNCc1cccn1CCCC1CCCO1. The van der Waals surface area contributed by atoms with Gasteiger partial charge in [0.2, 0.25) is 0 Å². The first-order valence-corrected chi connectivity index (χ1v) is 6.86. The number of rotatable bonds is 7. The van der Waals surface area contributed by atoms with Gasteiger partial charge in [-0.15, -0.1) is 0 Å². The molecule has 1 aromatic heterocycles. The molecule has 2 heterocycles. The third kappa shape index (κ3) is 3.86. The van der Waals surface area contributed by atoms with Gasteiger partial charge >= 0.3 is 0 Å². The number of nitrogens with one attached hydrogen (secondary N) is 1. The van der Waals surface area contributed by atoms with Gasteiger partial charge in [-0.2, -0.15) is 0 Å². The van der Waals surface area contributed by atoms with E-state index >= 15 is 0 Å². The lowest BCUT2D eigenvalue weighted by molar-refractivity contribution is 0.101. The predicted molar refractivity (Wildman–Crippen MR) is 70.0 cm³/mol. The van der Waals surface area contributed by atoms with E-state index in [2.05, 4.69) is 35.1 Å². The molecule has 3 nitrogen and oxygen atoms in total. The van der Waals surface area contributed by atoms with Crippen LogP contribution in [0.25, 0.3) is 0 Å². The first-order chi connectivity index (χ1) is 8.40. The van der Waals surface area contributed by atoms with Gasteiger partial charge in [-0.1, -0.05) is 6.92 Å². The van der Waals surface area contributed by atoms with Gasteiger partial charge in [-0.25, -0.2) is 0 Å². The minimum atomic E-state index is 0.530. The summed E-state index contributed by atoms with van der Waals surface area (Å²) in [6, 6.07) is 4.34. The second kappa shape index (κ2) is 6.82. The summed E-state index contributed by atoms with van der Waals surface area (Å²) < 4.78 is 8.00. The predicted octanol–water partition coefficient (Wildman–Crippen LogP) is 2.56. The summed E-state index contributed by atoms with van der Waals surface area (Å²) >= 11 is 0. The Morgan fingerprint density at radius 2 is 2.47 bits per heavy atom. The van der Waals surface area contributed by atoms with E-state index in [9.17, 15) is 0 Å². The fourth-order valence-corrected chi connectivity index (χ4v) is 2.44. The van der Waals surface area contributed by atoms with Crippen LogP contribution >= 0.6 is 0 Å². The van der Waals surface area contributed by atoms with Crippen molar-refractivity contribution in [3.63, 3.8) is 0 Å². The first kappa shape index (κ1) is 12.7. The van der Waals surface area contributed by atoms with Gasteiger partial charge in [-0.05, 0) is 44.4 Å². The van der Waals surface area contributed by atoms with Crippen molar-refractivity contribution in [1.29, 1.82) is 0 Å². The number of aryl methyl sites for hydroxylation is 1. The van der Waals surface area contributed by atoms with Crippen molar-refractivity contribution in [2.75, 3.05) is 13.2 Å². The molecule has 1 aliphatic heterocycles. The van der Waals surface area contributed by atoms with Gasteiger partial charge in [0, 0.05) is 31.6 Å². The van der Waals surface area contributed by atoms with E-state index in [-0.39, 0.29) is 0 Å². The molecule has 2 rings (SSSR count). The fraction of sp³-hybridized carbons (Fsp3) is 0.714. The number of nitrogens with zero attached hydrogens (tertiary/aromatic N) is 1. The van der Waals surface area contributed by atoms with E-state index in [0.717, 1.165) is 26.2 Å². The molecular formula is C14H24N2O. The Labute approximate surface area is 104 Å². The molecule has 1 fully saturated rings. The van der Waals surface area contributed by atoms with Crippen LogP contribution < -0.4 is 5.32 Å². The quantitative estimate of drug-likeness (QED) is 0.787. The minimum Gasteiger partial charge on any atom is -0.378 e. The van der Waals surface area contributed by atoms with Crippen LogP contribution in [0.5, 0.6) is 0 Å². The zero-order chi connectivity index (χ0) is 11.9. The summed E-state index contributed by atoms with van der Waals surface area (Å²) in [6.45, 7) is 6.24. The number of hydrogen-bond donors (Lipinski definition) is 1. The summed E-state index contributed by atoms with van der Waals surface area (Å²) in [5, 5.41) is 3.38. The highest BCUT2D eigenvalue weighted by molar-refractivity contribution is 5.06. The summed E-state index contributed by atoms with van der Waals surface area (Å²) in [6.07, 6.45) is 7.65. The zero-order valence-corrected chi connectivity index (χ0v) is 10.8. The van der Waals surface area contributed by atoms with Crippen LogP contribution in [0.2, 0.25) is 0 Å². The molecule has 1 N–H and O–H groups in total. The largest absolute Gasteiger partial charge is 0.378 e. The molecule has 1 unspecified atom stereocenters. The standard InChI is InChI=1S/C14H24N2O/c1-2-15-12-13-6-3-9-16(13)10-4-7-14-8-5-11-17-14/h3,6,9,14-15H,2,4-5,7-8,10-12H2,1H3. The van der Waals surface area contributed by atoms with Gasteiger partial charge in [0.15, 0.2) is 0 Å². The molecule has 0 spiro atoms. The molecule has 0 aromatic carbocycles. The lowest BCUT2D eigenvalue weighted by Gasteiger charge is -2.12. The third-order valence-electron chi connectivity index (χ3n) is 3.43. The van der Waals surface area contributed by atoms with E-state index in [1.54, 1.807) is 0 Å². The van der Waals surface area contributed by atoms with Crippen LogP contribution in [-0.4, -0.2) is 23.8 Å². The lowest BCUT2D eigenvalue weighted by atomic mass is 10.1. The lowest BCUT2D eigenvalue weighted by Crippen LogP contribution is -2.15. The Bertz CT molecular complexity index is 316. The van der Waals surface area contributed by atoms with Crippen LogP contribution in [0, 0.1) is 0 Å². The van der Waals surface area contributed by atoms with Crippen molar-refractivity contribution in [2.24, 2.45) is 0 Å². The summed E-state index contributed by atoms with van der Waals surface area (Å²) in [5.41, 5.74) is 1.39. The van der Waals surface area contributed by atoms with Crippen molar-refractivity contribution in [3.05, 3.63) is 24.0 Å². The third-order valence-corrected chi connectivity index (χ3v) is 3.43. The maximum absolute atomic E-state index is 5.65. The molecule has 0 saturated carbocycles. The molecule has 0 aliphatic carbocycles. The Morgan fingerprint density at radius 1 is 1.53 bits per heavy atom. The van der Waals surface area contributed by atoms with Gasteiger partial charge < -0.3 is 14.6 Å². The summed E-state index contributed by atoms with van der Waals surface area (Å²) in [7, 11) is 0. The topological polar surface area (TPSA) is 26.2 Å². The maximum atomic E-state index is 5.65. The van der Waals surface area contributed by atoms with Crippen LogP contribution in [0.4, 0.5) is 0 Å². The molecule has 3 heteroatoms. The maximum Gasteiger partial charge on any atom is 0.0576 e. The van der Waals surface area contributed by atoms with Crippen molar-refractivity contribution < 1.29 is 4.74 Å². The van der Waals surface area contributed by atoms with E-state index in [4.69, 9.17) is 4.74 Å². The molecule has 1 atom stereocenters. The molecular weight excluding hydrogens is 212 g/mol. The highest BCUT2D eigenvalue weighted by Gasteiger charge is 2.14. The van der Waals surface area contributed by atoms with Gasteiger partial charge in [-0.3, -0.25) is 0 Å². The zero-order valence-electron chi connectivity index (χ0n) is 10.8. The van der Waals surface area contributed by atoms with Crippen molar-refractivity contribution in [1.82, 2.24) is 9.88 Å². The van der Waals surface area contributed by atoms with Crippen LogP contribution in [-0.2, 0) is 17.8 Å². The molecule has 0 amide bonds. The van der Waals surface area contributed by atoms with Gasteiger partial charge in [0.05, 0.1) is 6.10 Å². The molecule has 17 heavy (non-hydrogen) atoms. The van der Waals surface area contributed by atoms with Crippen LogP contribution in [0.1, 0.15) is 38.3 Å². The van der Waals surface area contributed by atoms with Crippen molar-refractivity contribution >= 4 is 0 Å². The van der Waals surface area contributed by atoms with Gasteiger partial charge in [0.25, 0.3) is 0 Å². The average molecular weight is 236 g/mol. The number of aromatic nitrogens is 1. The monoisotopic (exact) mass is 236 g/mol. The highest BCUT2D eigenvalue weighted by Crippen LogP contribution is 2.17. The van der Waals surface area contributed by atoms with E-state index in [0.29, 0.717) is 6.10 Å². The van der Waals surface area contributed by atoms with Gasteiger partial charge in [0.1, 0.15) is 0 Å². The van der Waals surface area contributed by atoms with E-state index < -0.39 is 0 Å². The molecule has 96 valence electrons. The van der Waals surface area contributed by atoms with Crippen molar-refractivity contribution in [3.8, 4) is 0 Å². The summed E-state index contributed by atoms with van der Waals surface area (Å²) in [4.78, 5) is 0. The normalized spacial score (nSPS) is 19.9. The molecule has 1 aliphatic rings. The minimum absolute atomic E-state index is 0.530. The number of hydrogen-bond acceptors (Lipinski definition) is 2.